The number of rotatable bonds is 4. The number of hydrogen-bond acceptors (Lipinski definition) is 3. The van der Waals surface area contributed by atoms with E-state index in [2.05, 4.69) is 5.32 Å². The topological polar surface area (TPSA) is 60.1 Å². The van der Waals surface area contributed by atoms with Crippen LogP contribution in [-0.2, 0) is 13.6 Å². The molecular weight excluding hydrogens is 230 g/mol. The molecule has 0 radical (unpaired) electrons. The van der Waals surface area contributed by atoms with Crippen LogP contribution in [0, 0.1) is 17.0 Å². The van der Waals surface area contributed by atoms with Crippen LogP contribution in [0.2, 0.25) is 0 Å². The van der Waals surface area contributed by atoms with Gasteiger partial charge in [0, 0.05) is 43.3 Å². The van der Waals surface area contributed by atoms with Gasteiger partial charge in [-0.1, -0.05) is 0 Å². The zero-order valence-electron chi connectivity index (χ0n) is 10.4. The number of nitro benzene ring substituents is 1. The van der Waals surface area contributed by atoms with Crippen LogP contribution in [0.15, 0.2) is 36.7 Å². The predicted octanol–water partition coefficient (Wildman–Crippen LogP) is 2.85. The molecule has 0 spiro atoms. The van der Waals surface area contributed by atoms with Crippen LogP contribution in [0.3, 0.4) is 0 Å². The molecule has 0 unspecified atom stereocenters. The van der Waals surface area contributed by atoms with E-state index < -0.39 is 0 Å². The minimum atomic E-state index is -0.365. The van der Waals surface area contributed by atoms with E-state index in [1.54, 1.807) is 19.1 Å². The fraction of sp³-hybridized carbons (Fsp3) is 0.231. The number of hydrogen-bond donors (Lipinski definition) is 1. The summed E-state index contributed by atoms with van der Waals surface area (Å²) in [5, 5.41) is 13.9. The average molecular weight is 245 g/mol. The second-order valence-corrected chi connectivity index (χ2v) is 4.30. The van der Waals surface area contributed by atoms with Gasteiger partial charge in [-0.2, -0.15) is 0 Å². The van der Waals surface area contributed by atoms with E-state index in [-0.39, 0.29) is 10.6 Å². The molecule has 0 bridgehead atoms. The number of aromatic nitrogens is 1. The Morgan fingerprint density at radius 1 is 1.39 bits per heavy atom. The molecule has 0 aliphatic rings. The van der Waals surface area contributed by atoms with Gasteiger partial charge in [-0.3, -0.25) is 10.1 Å². The molecule has 1 aromatic heterocycles. The molecule has 0 saturated heterocycles. The minimum Gasteiger partial charge on any atom is -0.381 e. The van der Waals surface area contributed by atoms with E-state index >= 15 is 0 Å². The van der Waals surface area contributed by atoms with E-state index in [0.29, 0.717) is 12.1 Å². The molecule has 1 aromatic carbocycles. The summed E-state index contributed by atoms with van der Waals surface area (Å²) in [6.07, 6.45) is 4.02. The predicted molar refractivity (Wildman–Crippen MR) is 70.6 cm³/mol. The first-order valence-corrected chi connectivity index (χ1v) is 5.66. The molecule has 2 aromatic rings. The molecule has 0 aliphatic heterocycles. The van der Waals surface area contributed by atoms with Gasteiger partial charge in [-0.05, 0) is 30.7 Å². The molecule has 0 fully saturated rings. The van der Waals surface area contributed by atoms with Crippen LogP contribution < -0.4 is 5.32 Å². The number of anilines is 1. The van der Waals surface area contributed by atoms with Gasteiger partial charge in [0.25, 0.3) is 5.69 Å². The molecule has 0 atom stereocenters. The van der Waals surface area contributed by atoms with Crippen molar-refractivity contribution in [2.24, 2.45) is 7.05 Å². The zero-order valence-corrected chi connectivity index (χ0v) is 10.4. The van der Waals surface area contributed by atoms with Gasteiger partial charge in [0.1, 0.15) is 0 Å². The summed E-state index contributed by atoms with van der Waals surface area (Å²) in [5.41, 5.74) is 2.88. The van der Waals surface area contributed by atoms with Gasteiger partial charge in [0.05, 0.1) is 4.92 Å². The maximum absolute atomic E-state index is 10.7. The third-order valence-electron chi connectivity index (χ3n) is 2.78. The smallest absolute Gasteiger partial charge is 0.272 e. The molecule has 0 saturated carbocycles. The lowest BCUT2D eigenvalue weighted by Gasteiger charge is -2.06. The van der Waals surface area contributed by atoms with Crippen LogP contribution in [0.1, 0.15) is 11.1 Å². The lowest BCUT2D eigenvalue weighted by molar-refractivity contribution is -0.385. The van der Waals surface area contributed by atoms with Gasteiger partial charge < -0.3 is 9.88 Å². The normalized spacial score (nSPS) is 10.3. The summed E-state index contributed by atoms with van der Waals surface area (Å²) >= 11 is 0. The fourth-order valence-corrected chi connectivity index (χ4v) is 1.84. The summed E-state index contributed by atoms with van der Waals surface area (Å²) in [6.45, 7) is 2.45. The van der Waals surface area contributed by atoms with Crippen LogP contribution in [0.25, 0.3) is 0 Å². The van der Waals surface area contributed by atoms with Crippen molar-refractivity contribution in [1.82, 2.24) is 4.57 Å². The number of nitrogens with one attached hydrogen (secondary N) is 1. The zero-order chi connectivity index (χ0) is 13.1. The molecule has 0 aliphatic carbocycles. The number of nitro groups is 1. The van der Waals surface area contributed by atoms with Crippen LogP contribution in [0.4, 0.5) is 11.4 Å². The number of benzene rings is 1. The molecule has 2 rings (SSSR count). The van der Waals surface area contributed by atoms with Crippen molar-refractivity contribution in [1.29, 1.82) is 0 Å². The number of aryl methyl sites for hydroxylation is 2. The Morgan fingerprint density at radius 2 is 2.17 bits per heavy atom. The third kappa shape index (κ3) is 2.68. The van der Waals surface area contributed by atoms with Gasteiger partial charge >= 0.3 is 0 Å². The Hall–Kier alpha value is -2.30. The van der Waals surface area contributed by atoms with Crippen LogP contribution >= 0.6 is 0 Å². The summed E-state index contributed by atoms with van der Waals surface area (Å²) in [5.74, 6) is 0. The Bertz CT molecular complexity index is 575. The van der Waals surface area contributed by atoms with E-state index in [1.807, 2.05) is 30.1 Å². The lowest BCUT2D eigenvalue weighted by Crippen LogP contribution is -1.99. The Labute approximate surface area is 105 Å². The van der Waals surface area contributed by atoms with E-state index in [4.69, 9.17) is 0 Å². The lowest BCUT2D eigenvalue weighted by atomic mass is 10.2. The van der Waals surface area contributed by atoms with Crippen molar-refractivity contribution in [3.63, 3.8) is 0 Å². The fourth-order valence-electron chi connectivity index (χ4n) is 1.84. The second kappa shape index (κ2) is 4.91. The van der Waals surface area contributed by atoms with Crippen molar-refractivity contribution in [2.45, 2.75) is 13.5 Å². The number of nitrogens with zero attached hydrogens (tertiary/aromatic N) is 2. The molecule has 5 heteroatoms. The summed E-state index contributed by atoms with van der Waals surface area (Å²) in [7, 11) is 1.97. The monoisotopic (exact) mass is 245 g/mol. The molecule has 18 heavy (non-hydrogen) atoms. The Morgan fingerprint density at radius 3 is 2.72 bits per heavy atom. The van der Waals surface area contributed by atoms with Crippen molar-refractivity contribution in [3.05, 3.63) is 57.9 Å². The molecule has 0 amide bonds. The van der Waals surface area contributed by atoms with Gasteiger partial charge in [0.2, 0.25) is 0 Å². The first kappa shape index (κ1) is 12.2. The third-order valence-corrected chi connectivity index (χ3v) is 2.78. The van der Waals surface area contributed by atoms with E-state index in [1.165, 1.54) is 11.6 Å². The van der Waals surface area contributed by atoms with Crippen molar-refractivity contribution < 1.29 is 4.92 Å². The highest BCUT2D eigenvalue weighted by Crippen LogP contribution is 2.21. The second-order valence-electron chi connectivity index (χ2n) is 4.30. The van der Waals surface area contributed by atoms with Crippen molar-refractivity contribution >= 4 is 11.4 Å². The van der Waals surface area contributed by atoms with Gasteiger partial charge in [0.15, 0.2) is 0 Å². The highest BCUT2D eigenvalue weighted by molar-refractivity contribution is 5.53. The molecular formula is C13H15N3O2. The first-order chi connectivity index (χ1) is 8.56. The molecule has 5 nitrogen and oxygen atoms in total. The average Bonchev–Trinajstić information content (AvgIpc) is 2.72. The largest absolute Gasteiger partial charge is 0.381 e. The van der Waals surface area contributed by atoms with E-state index in [0.717, 1.165) is 5.69 Å². The SMILES string of the molecule is Cc1cc(NCc2ccn(C)c2)ccc1[N+](=O)[O-]. The maximum Gasteiger partial charge on any atom is 0.272 e. The van der Waals surface area contributed by atoms with Crippen LogP contribution in [-0.4, -0.2) is 9.49 Å². The van der Waals surface area contributed by atoms with Crippen molar-refractivity contribution in [2.75, 3.05) is 5.32 Å². The molecule has 1 N–H and O–H groups in total. The summed E-state index contributed by atoms with van der Waals surface area (Å²) in [4.78, 5) is 10.3. The minimum absolute atomic E-state index is 0.153. The quantitative estimate of drug-likeness (QED) is 0.665. The summed E-state index contributed by atoms with van der Waals surface area (Å²) in [6, 6.07) is 7.09. The molecule has 1 heterocycles. The molecule has 94 valence electrons. The van der Waals surface area contributed by atoms with Gasteiger partial charge in [-0.15, -0.1) is 0 Å². The Balaban J connectivity index is 2.06. The highest BCUT2D eigenvalue weighted by atomic mass is 16.6. The maximum atomic E-state index is 10.7. The highest BCUT2D eigenvalue weighted by Gasteiger charge is 2.09. The first-order valence-electron chi connectivity index (χ1n) is 5.66. The van der Waals surface area contributed by atoms with Crippen LogP contribution in [0.5, 0.6) is 0 Å². The standard InChI is InChI=1S/C13H15N3O2/c1-10-7-12(3-4-13(10)16(17)18)14-8-11-5-6-15(2)9-11/h3-7,9,14H,8H2,1-2H3. The van der Waals surface area contributed by atoms with Crippen molar-refractivity contribution in [3.8, 4) is 0 Å². The Kier molecular flexibility index (Phi) is 3.32. The van der Waals surface area contributed by atoms with E-state index in [9.17, 15) is 10.1 Å². The summed E-state index contributed by atoms with van der Waals surface area (Å²) < 4.78 is 1.98. The van der Waals surface area contributed by atoms with Gasteiger partial charge in [-0.25, -0.2) is 0 Å².